The first-order chi connectivity index (χ1) is 4.70. The van der Waals surface area contributed by atoms with Gasteiger partial charge in [0.1, 0.15) is 0 Å². The molecular formula is C6H13N2O2-. The summed E-state index contributed by atoms with van der Waals surface area (Å²) in [6.45, 7) is 1.24. The fraction of sp³-hybridized carbons (Fsp3) is 1.00. The van der Waals surface area contributed by atoms with Crippen LogP contribution in [0.15, 0.2) is 0 Å². The second-order valence-corrected chi connectivity index (χ2v) is 2.73. The van der Waals surface area contributed by atoms with Gasteiger partial charge in [0.2, 0.25) is 0 Å². The summed E-state index contributed by atoms with van der Waals surface area (Å²) < 4.78 is 0. The Labute approximate surface area is 60.6 Å². The summed E-state index contributed by atoms with van der Waals surface area (Å²) in [6.07, 6.45) is 1.55. The molecule has 0 aromatic rings. The van der Waals surface area contributed by atoms with Gasteiger partial charge in [-0.15, -0.1) is 0 Å². The molecule has 1 rings (SSSR count). The van der Waals surface area contributed by atoms with Crippen LogP contribution in [0.3, 0.4) is 0 Å². The Bertz CT molecular complexity index is 99.9. The topological polar surface area (TPSA) is 49.8 Å². The molecule has 1 fully saturated rings. The van der Waals surface area contributed by atoms with Crippen LogP contribution < -0.4 is 0 Å². The molecule has 0 amide bonds. The zero-order chi connectivity index (χ0) is 7.56. The highest BCUT2D eigenvalue weighted by atomic mass is 16.5. The molecule has 1 aliphatic rings. The third-order valence-corrected chi connectivity index (χ3v) is 1.96. The molecule has 1 aliphatic heterocycles. The first kappa shape index (κ1) is 7.94. The first-order valence-corrected chi connectivity index (χ1v) is 3.54. The Balaban J connectivity index is 2.26. The van der Waals surface area contributed by atoms with Crippen molar-refractivity contribution in [1.82, 2.24) is 10.1 Å². The third kappa shape index (κ3) is 1.91. The number of hydrogen-bond donors (Lipinski definition) is 1. The van der Waals surface area contributed by atoms with Crippen LogP contribution in [-0.4, -0.2) is 41.5 Å². The van der Waals surface area contributed by atoms with E-state index in [1.807, 2.05) is 0 Å². The second kappa shape index (κ2) is 3.30. The number of hydrogen-bond acceptors (Lipinski definition) is 4. The van der Waals surface area contributed by atoms with Gasteiger partial charge < -0.3 is 15.5 Å². The number of hydroxylamine groups is 4. The minimum atomic E-state index is 0.114. The molecule has 0 aromatic carbocycles. The van der Waals surface area contributed by atoms with Crippen molar-refractivity contribution in [1.29, 1.82) is 0 Å². The Morgan fingerprint density at radius 2 is 2.00 bits per heavy atom. The van der Waals surface area contributed by atoms with Crippen LogP contribution in [0.4, 0.5) is 0 Å². The normalized spacial score (nSPS) is 24.0. The maximum Gasteiger partial charge on any atom is 0.0252 e. The van der Waals surface area contributed by atoms with Gasteiger partial charge in [0, 0.05) is 13.1 Å². The quantitative estimate of drug-likeness (QED) is 0.538. The molecule has 0 aliphatic carbocycles. The Kier molecular flexibility index (Phi) is 2.62. The van der Waals surface area contributed by atoms with Crippen LogP contribution >= 0.6 is 0 Å². The standard InChI is InChI=1S/C6H13N2O2/c1-7(9)6-2-4-8(10)5-3-6/h6,10H,2-5H2,1H3/q-1. The molecule has 1 saturated heterocycles. The first-order valence-electron chi connectivity index (χ1n) is 3.54. The van der Waals surface area contributed by atoms with E-state index in [1.54, 1.807) is 0 Å². The molecule has 0 bridgehead atoms. The van der Waals surface area contributed by atoms with Gasteiger partial charge in [0.25, 0.3) is 0 Å². The third-order valence-electron chi connectivity index (χ3n) is 1.96. The molecular weight excluding hydrogens is 132 g/mol. The molecule has 1 N–H and O–H groups in total. The molecule has 4 nitrogen and oxygen atoms in total. The van der Waals surface area contributed by atoms with Gasteiger partial charge in [-0.3, -0.25) is 0 Å². The molecule has 0 spiro atoms. The van der Waals surface area contributed by atoms with Crippen LogP contribution in [0.1, 0.15) is 12.8 Å². The molecule has 0 unspecified atom stereocenters. The molecule has 0 aromatic heterocycles. The average molecular weight is 145 g/mol. The average Bonchev–Trinajstić information content (AvgIpc) is 1.88. The molecule has 4 heteroatoms. The van der Waals surface area contributed by atoms with Crippen molar-refractivity contribution in [2.45, 2.75) is 18.9 Å². The summed E-state index contributed by atoms with van der Waals surface area (Å²) >= 11 is 0. The molecule has 1 heterocycles. The lowest BCUT2D eigenvalue weighted by Crippen LogP contribution is -2.39. The maximum atomic E-state index is 10.7. The van der Waals surface area contributed by atoms with Crippen molar-refractivity contribution in [2.24, 2.45) is 0 Å². The van der Waals surface area contributed by atoms with E-state index in [-0.39, 0.29) is 6.04 Å². The van der Waals surface area contributed by atoms with Crippen molar-refractivity contribution >= 4 is 0 Å². The van der Waals surface area contributed by atoms with Gasteiger partial charge in [-0.1, -0.05) is 0 Å². The lowest BCUT2D eigenvalue weighted by molar-refractivity contribution is -0.112. The summed E-state index contributed by atoms with van der Waals surface area (Å²) in [5.41, 5.74) is 0. The van der Waals surface area contributed by atoms with Crippen LogP contribution in [0, 0.1) is 5.21 Å². The van der Waals surface area contributed by atoms with Gasteiger partial charge in [-0.2, -0.15) is 5.06 Å². The molecule has 10 heavy (non-hydrogen) atoms. The summed E-state index contributed by atoms with van der Waals surface area (Å²) in [4.78, 5) is 0. The fourth-order valence-electron chi connectivity index (χ4n) is 1.22. The Morgan fingerprint density at radius 1 is 1.50 bits per heavy atom. The summed E-state index contributed by atoms with van der Waals surface area (Å²) in [7, 11) is 1.54. The maximum absolute atomic E-state index is 10.7. The fourth-order valence-corrected chi connectivity index (χ4v) is 1.22. The summed E-state index contributed by atoms with van der Waals surface area (Å²) in [6, 6.07) is 0.114. The van der Waals surface area contributed by atoms with E-state index in [0.717, 1.165) is 17.9 Å². The van der Waals surface area contributed by atoms with E-state index >= 15 is 0 Å². The molecule has 60 valence electrons. The van der Waals surface area contributed by atoms with Gasteiger partial charge in [-0.25, -0.2) is 0 Å². The largest absolute Gasteiger partial charge is 0.785 e. The lowest BCUT2D eigenvalue weighted by atomic mass is 10.1. The van der Waals surface area contributed by atoms with E-state index in [1.165, 1.54) is 12.1 Å². The predicted molar refractivity (Wildman–Crippen MR) is 37.5 cm³/mol. The van der Waals surface area contributed by atoms with Gasteiger partial charge >= 0.3 is 0 Å². The van der Waals surface area contributed by atoms with Crippen LogP contribution in [-0.2, 0) is 0 Å². The Morgan fingerprint density at radius 3 is 2.40 bits per heavy atom. The van der Waals surface area contributed by atoms with Crippen LogP contribution in [0.25, 0.3) is 0 Å². The SMILES string of the molecule is CN([O-])C1CCN(O)CC1. The molecule has 0 radical (unpaired) electrons. The van der Waals surface area contributed by atoms with E-state index in [4.69, 9.17) is 5.21 Å². The number of piperidine rings is 1. The van der Waals surface area contributed by atoms with E-state index in [0.29, 0.717) is 13.1 Å². The van der Waals surface area contributed by atoms with Crippen LogP contribution in [0.5, 0.6) is 0 Å². The number of rotatable bonds is 1. The van der Waals surface area contributed by atoms with Crippen molar-refractivity contribution < 1.29 is 5.21 Å². The monoisotopic (exact) mass is 145 g/mol. The van der Waals surface area contributed by atoms with Gasteiger partial charge in [0.15, 0.2) is 0 Å². The minimum Gasteiger partial charge on any atom is -0.785 e. The smallest absolute Gasteiger partial charge is 0.0252 e. The van der Waals surface area contributed by atoms with Crippen molar-refractivity contribution in [3.63, 3.8) is 0 Å². The minimum absolute atomic E-state index is 0.114. The Hall–Kier alpha value is -0.160. The predicted octanol–water partition coefficient (Wildman–Crippen LogP) is 0.270. The van der Waals surface area contributed by atoms with E-state index < -0.39 is 0 Å². The molecule has 0 saturated carbocycles. The zero-order valence-corrected chi connectivity index (χ0v) is 6.16. The zero-order valence-electron chi connectivity index (χ0n) is 6.16. The summed E-state index contributed by atoms with van der Waals surface area (Å²) in [5.74, 6) is 0. The molecule has 0 atom stereocenters. The highest BCUT2D eigenvalue weighted by Crippen LogP contribution is 2.12. The van der Waals surface area contributed by atoms with Crippen molar-refractivity contribution in [3.8, 4) is 0 Å². The van der Waals surface area contributed by atoms with E-state index in [9.17, 15) is 5.21 Å². The second-order valence-electron chi connectivity index (χ2n) is 2.73. The van der Waals surface area contributed by atoms with E-state index in [2.05, 4.69) is 0 Å². The lowest BCUT2D eigenvalue weighted by Gasteiger charge is -2.37. The van der Waals surface area contributed by atoms with Crippen LogP contribution in [0.2, 0.25) is 0 Å². The van der Waals surface area contributed by atoms with Gasteiger partial charge in [-0.05, 0) is 25.9 Å². The highest BCUT2D eigenvalue weighted by molar-refractivity contribution is 4.74. The van der Waals surface area contributed by atoms with Gasteiger partial charge in [0.05, 0.1) is 0 Å². The highest BCUT2D eigenvalue weighted by Gasteiger charge is 2.16. The van der Waals surface area contributed by atoms with Crippen molar-refractivity contribution in [2.75, 3.05) is 20.1 Å². The summed E-state index contributed by atoms with van der Waals surface area (Å²) in [5, 5.41) is 21.9. The van der Waals surface area contributed by atoms with Crippen molar-refractivity contribution in [3.05, 3.63) is 5.21 Å². The number of nitrogens with zero attached hydrogens (tertiary/aromatic N) is 2.